The van der Waals surface area contributed by atoms with Crippen LogP contribution in [0, 0.1) is 0 Å². The largest absolute Gasteiger partial charge is 0.462 e. The highest BCUT2D eigenvalue weighted by molar-refractivity contribution is 7.80. The monoisotopic (exact) mass is 278 g/mol. The molecule has 1 unspecified atom stereocenters. The second-order valence-corrected chi connectivity index (χ2v) is 5.26. The predicted molar refractivity (Wildman–Crippen MR) is 76.7 cm³/mol. The third-order valence-corrected chi connectivity index (χ3v) is 3.57. The minimum absolute atomic E-state index is 0.00168. The highest BCUT2D eigenvalue weighted by atomic mass is 32.1. The number of hydrogen-bond donors (Lipinski definition) is 1. The number of nitrogens with zero attached hydrogens (tertiary/aromatic N) is 1. The molecule has 0 amide bonds. The van der Waals surface area contributed by atoms with E-state index in [1.165, 1.54) is 6.42 Å². The van der Waals surface area contributed by atoms with Crippen molar-refractivity contribution in [2.24, 2.45) is 5.73 Å². The van der Waals surface area contributed by atoms with Crippen molar-refractivity contribution in [2.45, 2.75) is 44.1 Å². The van der Waals surface area contributed by atoms with Crippen molar-refractivity contribution in [2.75, 3.05) is 0 Å². The number of pyridine rings is 1. The van der Waals surface area contributed by atoms with Crippen LogP contribution < -0.4 is 5.73 Å². The van der Waals surface area contributed by atoms with Gasteiger partial charge in [-0.1, -0.05) is 24.7 Å². The maximum atomic E-state index is 12.2. The number of hydrogen-bond acceptors (Lipinski definition) is 4. The maximum Gasteiger partial charge on any atom is 0.322 e. The lowest BCUT2D eigenvalue weighted by Crippen LogP contribution is -2.32. The average molecular weight is 278 g/mol. The van der Waals surface area contributed by atoms with Crippen LogP contribution in [0.2, 0.25) is 0 Å². The summed E-state index contributed by atoms with van der Waals surface area (Å²) in [4.78, 5) is 16.5. The quantitative estimate of drug-likeness (QED) is 0.676. The summed E-state index contributed by atoms with van der Waals surface area (Å²) in [5, 5.41) is 0. The van der Waals surface area contributed by atoms with E-state index in [1.807, 2.05) is 6.07 Å². The Balaban J connectivity index is 2.06. The fourth-order valence-electron chi connectivity index (χ4n) is 2.34. The normalized spacial score (nSPS) is 17.7. The molecule has 1 aromatic rings. The van der Waals surface area contributed by atoms with Crippen molar-refractivity contribution in [1.29, 1.82) is 0 Å². The van der Waals surface area contributed by atoms with Gasteiger partial charge in [-0.2, -0.15) is 0 Å². The van der Waals surface area contributed by atoms with Crippen LogP contribution in [0.3, 0.4) is 0 Å². The molecule has 0 radical (unpaired) electrons. The van der Waals surface area contributed by atoms with Crippen LogP contribution in [0.4, 0.5) is 0 Å². The first kappa shape index (κ1) is 13.9. The highest BCUT2D eigenvalue weighted by Gasteiger charge is 2.29. The van der Waals surface area contributed by atoms with Gasteiger partial charge in [-0.3, -0.25) is 9.78 Å². The Labute approximate surface area is 118 Å². The lowest BCUT2D eigenvalue weighted by atomic mass is 9.97. The van der Waals surface area contributed by atoms with Gasteiger partial charge in [-0.15, -0.1) is 0 Å². The van der Waals surface area contributed by atoms with Gasteiger partial charge < -0.3 is 10.5 Å². The summed E-state index contributed by atoms with van der Waals surface area (Å²) in [6.07, 6.45) is 6.91. The van der Waals surface area contributed by atoms with E-state index in [9.17, 15) is 4.79 Å². The van der Waals surface area contributed by atoms with E-state index in [1.54, 1.807) is 18.3 Å². The van der Waals surface area contributed by atoms with Crippen molar-refractivity contribution in [3.05, 3.63) is 30.1 Å². The Morgan fingerprint density at radius 2 is 2.11 bits per heavy atom. The minimum atomic E-state index is -0.738. The summed E-state index contributed by atoms with van der Waals surface area (Å²) in [6.45, 7) is 0. The molecule has 1 saturated carbocycles. The molecule has 5 heteroatoms. The SMILES string of the molecule is NC(=S)C(C(=O)OC1CCCCC1)c1ccccn1. The minimum Gasteiger partial charge on any atom is -0.462 e. The van der Waals surface area contributed by atoms with Gasteiger partial charge in [0.25, 0.3) is 0 Å². The molecule has 1 aromatic heterocycles. The molecule has 0 aromatic carbocycles. The zero-order chi connectivity index (χ0) is 13.7. The van der Waals surface area contributed by atoms with Crippen molar-refractivity contribution in [3.8, 4) is 0 Å². The Hall–Kier alpha value is -1.49. The van der Waals surface area contributed by atoms with Crippen molar-refractivity contribution in [3.63, 3.8) is 0 Å². The Bertz CT molecular complexity index is 444. The molecule has 1 aliphatic rings. The molecule has 19 heavy (non-hydrogen) atoms. The molecular formula is C14H18N2O2S. The second kappa shape index (κ2) is 6.61. The van der Waals surface area contributed by atoms with Crippen LogP contribution in [0.15, 0.2) is 24.4 Å². The molecule has 1 atom stereocenters. The number of esters is 1. The van der Waals surface area contributed by atoms with E-state index in [-0.39, 0.29) is 17.1 Å². The molecule has 4 nitrogen and oxygen atoms in total. The summed E-state index contributed by atoms with van der Waals surface area (Å²) in [5.41, 5.74) is 6.22. The lowest BCUT2D eigenvalue weighted by molar-refractivity contribution is -0.150. The van der Waals surface area contributed by atoms with Crippen molar-refractivity contribution in [1.82, 2.24) is 4.98 Å². The number of carbonyl (C=O) groups is 1. The fourth-order valence-corrected chi connectivity index (χ4v) is 2.56. The first-order valence-electron chi connectivity index (χ1n) is 6.59. The molecule has 2 rings (SSSR count). The molecule has 1 fully saturated rings. The first-order valence-corrected chi connectivity index (χ1v) is 7.00. The zero-order valence-electron chi connectivity index (χ0n) is 10.7. The number of aromatic nitrogens is 1. The number of nitrogens with two attached hydrogens (primary N) is 1. The molecule has 0 saturated heterocycles. The van der Waals surface area contributed by atoms with E-state index in [4.69, 9.17) is 22.7 Å². The van der Waals surface area contributed by atoms with Gasteiger partial charge in [-0.05, 0) is 37.8 Å². The Morgan fingerprint density at radius 3 is 2.68 bits per heavy atom. The molecule has 102 valence electrons. The Morgan fingerprint density at radius 1 is 1.37 bits per heavy atom. The Kier molecular flexibility index (Phi) is 4.85. The van der Waals surface area contributed by atoms with Crippen molar-refractivity contribution < 1.29 is 9.53 Å². The summed E-state index contributed by atoms with van der Waals surface area (Å²) < 4.78 is 5.52. The molecular weight excluding hydrogens is 260 g/mol. The molecule has 0 aliphatic heterocycles. The van der Waals surface area contributed by atoms with E-state index in [2.05, 4.69) is 4.98 Å². The van der Waals surface area contributed by atoms with Crippen LogP contribution in [-0.2, 0) is 9.53 Å². The van der Waals surface area contributed by atoms with Gasteiger partial charge in [0.05, 0.1) is 10.7 Å². The van der Waals surface area contributed by atoms with Crippen LogP contribution in [0.1, 0.15) is 43.7 Å². The van der Waals surface area contributed by atoms with Crippen LogP contribution in [-0.4, -0.2) is 22.0 Å². The molecule has 0 spiro atoms. The maximum absolute atomic E-state index is 12.2. The average Bonchev–Trinajstić information content (AvgIpc) is 2.40. The predicted octanol–water partition coefficient (Wildman–Crippen LogP) is 2.33. The number of carbonyl (C=O) groups excluding carboxylic acids is 1. The van der Waals surface area contributed by atoms with Gasteiger partial charge in [0.15, 0.2) is 0 Å². The van der Waals surface area contributed by atoms with Crippen molar-refractivity contribution >= 4 is 23.2 Å². The van der Waals surface area contributed by atoms with Gasteiger partial charge >= 0.3 is 5.97 Å². The summed E-state index contributed by atoms with van der Waals surface area (Å²) in [5.74, 6) is -1.11. The van der Waals surface area contributed by atoms with E-state index >= 15 is 0 Å². The summed E-state index contributed by atoms with van der Waals surface area (Å²) in [6, 6.07) is 5.33. The van der Waals surface area contributed by atoms with E-state index in [0.29, 0.717) is 5.69 Å². The van der Waals surface area contributed by atoms with E-state index < -0.39 is 5.92 Å². The van der Waals surface area contributed by atoms with Crippen LogP contribution in [0.5, 0.6) is 0 Å². The fraction of sp³-hybridized carbons (Fsp3) is 0.500. The zero-order valence-corrected chi connectivity index (χ0v) is 11.6. The van der Waals surface area contributed by atoms with Crippen LogP contribution in [0.25, 0.3) is 0 Å². The first-order chi connectivity index (χ1) is 9.18. The second-order valence-electron chi connectivity index (χ2n) is 4.79. The summed E-state index contributed by atoms with van der Waals surface area (Å²) in [7, 11) is 0. The summed E-state index contributed by atoms with van der Waals surface area (Å²) >= 11 is 4.98. The third kappa shape index (κ3) is 3.73. The highest BCUT2D eigenvalue weighted by Crippen LogP contribution is 2.23. The molecule has 1 aliphatic carbocycles. The smallest absolute Gasteiger partial charge is 0.322 e. The lowest BCUT2D eigenvalue weighted by Gasteiger charge is -2.24. The molecule has 1 heterocycles. The molecule has 2 N–H and O–H groups in total. The van der Waals surface area contributed by atoms with E-state index in [0.717, 1.165) is 25.7 Å². The third-order valence-electron chi connectivity index (χ3n) is 3.34. The number of thiocarbonyl (C=S) groups is 1. The number of rotatable bonds is 4. The van der Waals surface area contributed by atoms with Crippen LogP contribution >= 0.6 is 12.2 Å². The number of ether oxygens (including phenoxy) is 1. The van der Waals surface area contributed by atoms with Gasteiger partial charge in [0.1, 0.15) is 12.0 Å². The topological polar surface area (TPSA) is 65.2 Å². The standard InChI is InChI=1S/C14H18N2O2S/c15-13(19)12(11-8-4-5-9-16-11)14(17)18-10-6-2-1-3-7-10/h4-5,8-10,12H,1-3,6-7H2,(H2,15,19). The van der Waals surface area contributed by atoms with Gasteiger partial charge in [0, 0.05) is 6.20 Å². The molecule has 0 bridgehead atoms. The van der Waals surface area contributed by atoms with Gasteiger partial charge in [0.2, 0.25) is 0 Å². The van der Waals surface area contributed by atoms with Gasteiger partial charge in [-0.25, -0.2) is 0 Å².